The molecular weight excluding hydrogens is 396 g/mol. The number of nitrogens with one attached hydrogen (secondary N) is 2. The van der Waals surface area contributed by atoms with Gasteiger partial charge in [0, 0.05) is 5.02 Å². The Morgan fingerprint density at radius 2 is 1.72 bits per heavy atom. The minimum Gasteiger partial charge on any atom is -0.486 e. The van der Waals surface area contributed by atoms with Crippen LogP contribution in [-0.2, 0) is 16.0 Å². The summed E-state index contributed by atoms with van der Waals surface area (Å²) in [7, 11) is 0. The second-order valence-electron chi connectivity index (χ2n) is 6.82. The van der Waals surface area contributed by atoms with Gasteiger partial charge in [0.15, 0.2) is 17.6 Å². The molecule has 0 saturated carbocycles. The van der Waals surface area contributed by atoms with Crippen molar-refractivity contribution in [2.24, 2.45) is 0 Å². The predicted octanol–water partition coefficient (Wildman–Crippen LogP) is 2.89. The topological polar surface area (TPSA) is 85.9 Å². The maximum atomic E-state index is 12.3. The molecule has 8 heteroatoms. The third-order valence-electron chi connectivity index (χ3n) is 4.39. The predicted molar refractivity (Wildman–Crippen MR) is 108 cm³/mol. The van der Waals surface area contributed by atoms with Gasteiger partial charge < -0.3 is 14.2 Å². The molecule has 2 aromatic rings. The molecule has 1 atom stereocenters. The van der Waals surface area contributed by atoms with Crippen LogP contribution in [0.15, 0.2) is 30.3 Å². The summed E-state index contributed by atoms with van der Waals surface area (Å²) in [6, 6.07) is 8.84. The lowest BCUT2D eigenvalue weighted by Gasteiger charge is -2.19. The van der Waals surface area contributed by atoms with Crippen molar-refractivity contribution in [1.82, 2.24) is 10.9 Å². The highest BCUT2D eigenvalue weighted by Gasteiger charge is 2.18. The number of aryl methyl sites for hydroxylation is 2. The first-order chi connectivity index (χ1) is 13.8. The van der Waals surface area contributed by atoms with E-state index in [0.29, 0.717) is 35.5 Å². The van der Waals surface area contributed by atoms with Crippen LogP contribution in [0.1, 0.15) is 23.6 Å². The number of hydrogen-bond acceptors (Lipinski definition) is 5. The summed E-state index contributed by atoms with van der Waals surface area (Å²) in [5.74, 6) is 1.05. The number of carbonyl (C=O) groups is 2. The molecule has 29 heavy (non-hydrogen) atoms. The fraction of sp³-hybridized carbons (Fsp3) is 0.333. The molecule has 2 amide bonds. The van der Waals surface area contributed by atoms with Gasteiger partial charge in [-0.2, -0.15) is 0 Å². The van der Waals surface area contributed by atoms with Crippen LogP contribution >= 0.6 is 11.6 Å². The number of benzene rings is 2. The van der Waals surface area contributed by atoms with Gasteiger partial charge in [0.1, 0.15) is 19.0 Å². The molecule has 1 heterocycles. The Morgan fingerprint density at radius 1 is 1.07 bits per heavy atom. The third-order valence-corrected chi connectivity index (χ3v) is 4.60. The molecule has 2 aromatic carbocycles. The van der Waals surface area contributed by atoms with Crippen molar-refractivity contribution in [3.8, 4) is 17.2 Å². The number of ether oxygens (including phenoxy) is 3. The summed E-state index contributed by atoms with van der Waals surface area (Å²) in [6.07, 6.45) is -0.718. The van der Waals surface area contributed by atoms with Crippen LogP contribution in [0.25, 0.3) is 0 Å². The number of rotatable bonds is 5. The normalized spacial score (nSPS) is 13.4. The highest BCUT2D eigenvalue weighted by Crippen LogP contribution is 2.31. The summed E-state index contributed by atoms with van der Waals surface area (Å²) < 4.78 is 16.7. The third kappa shape index (κ3) is 5.32. The van der Waals surface area contributed by atoms with Crippen molar-refractivity contribution < 1.29 is 23.8 Å². The van der Waals surface area contributed by atoms with Crippen LogP contribution in [0.4, 0.5) is 0 Å². The Hall–Kier alpha value is -2.93. The van der Waals surface area contributed by atoms with E-state index < -0.39 is 12.0 Å². The zero-order chi connectivity index (χ0) is 21.0. The standard InChI is InChI=1S/C21H23ClN2O5/c1-12-8-16(22)9-13(2)20(12)29-14(3)21(26)24-23-19(25)11-15-4-5-17-18(10-15)28-7-6-27-17/h4-5,8-10,14H,6-7,11H2,1-3H3,(H,23,25)(H,24,26). The monoisotopic (exact) mass is 418 g/mol. The maximum absolute atomic E-state index is 12.3. The minimum absolute atomic E-state index is 0.0849. The largest absolute Gasteiger partial charge is 0.486 e. The van der Waals surface area contributed by atoms with Crippen LogP contribution in [0.2, 0.25) is 5.02 Å². The number of hydrazine groups is 1. The smallest absolute Gasteiger partial charge is 0.279 e. The molecule has 0 spiro atoms. The van der Waals surface area contributed by atoms with E-state index in [0.717, 1.165) is 16.7 Å². The molecule has 0 aliphatic carbocycles. The van der Waals surface area contributed by atoms with E-state index in [2.05, 4.69) is 10.9 Å². The average molecular weight is 419 g/mol. The molecule has 1 aliphatic rings. The molecule has 0 fully saturated rings. The number of carbonyl (C=O) groups excluding carboxylic acids is 2. The first-order valence-electron chi connectivity index (χ1n) is 9.24. The SMILES string of the molecule is Cc1cc(Cl)cc(C)c1OC(C)C(=O)NNC(=O)Cc1ccc2c(c1)OCCO2. The molecule has 0 bridgehead atoms. The van der Waals surface area contributed by atoms with Gasteiger partial charge in [-0.05, 0) is 61.7 Å². The lowest BCUT2D eigenvalue weighted by atomic mass is 10.1. The molecule has 154 valence electrons. The molecule has 2 N–H and O–H groups in total. The summed E-state index contributed by atoms with van der Waals surface area (Å²) in [5, 5.41) is 0.607. The zero-order valence-corrected chi connectivity index (χ0v) is 17.3. The van der Waals surface area contributed by atoms with Crippen LogP contribution in [0, 0.1) is 13.8 Å². The van der Waals surface area contributed by atoms with Crippen LogP contribution in [-0.4, -0.2) is 31.1 Å². The lowest BCUT2D eigenvalue weighted by Crippen LogP contribution is -2.47. The van der Waals surface area contributed by atoms with E-state index in [4.69, 9.17) is 25.8 Å². The molecule has 7 nitrogen and oxygen atoms in total. The fourth-order valence-corrected chi connectivity index (χ4v) is 3.30. The minimum atomic E-state index is -0.803. The molecule has 0 saturated heterocycles. The van der Waals surface area contributed by atoms with Gasteiger partial charge in [-0.25, -0.2) is 0 Å². The van der Waals surface area contributed by atoms with E-state index in [-0.39, 0.29) is 12.3 Å². The molecule has 0 radical (unpaired) electrons. The van der Waals surface area contributed by atoms with Gasteiger partial charge in [0.25, 0.3) is 5.91 Å². The zero-order valence-electron chi connectivity index (χ0n) is 16.5. The quantitative estimate of drug-likeness (QED) is 0.729. The first-order valence-corrected chi connectivity index (χ1v) is 9.62. The van der Waals surface area contributed by atoms with Gasteiger partial charge in [0.2, 0.25) is 5.91 Å². The van der Waals surface area contributed by atoms with E-state index in [1.165, 1.54) is 0 Å². The fourth-order valence-electron chi connectivity index (χ4n) is 2.97. The van der Waals surface area contributed by atoms with Crippen molar-refractivity contribution in [2.75, 3.05) is 13.2 Å². The molecular formula is C21H23ClN2O5. The van der Waals surface area contributed by atoms with Crippen molar-refractivity contribution in [3.63, 3.8) is 0 Å². The van der Waals surface area contributed by atoms with Crippen LogP contribution in [0.3, 0.4) is 0 Å². The van der Waals surface area contributed by atoms with Gasteiger partial charge in [-0.1, -0.05) is 17.7 Å². The van der Waals surface area contributed by atoms with Crippen molar-refractivity contribution in [3.05, 3.63) is 52.0 Å². The summed E-state index contributed by atoms with van der Waals surface area (Å²) >= 11 is 6.01. The Labute approximate surface area is 174 Å². The van der Waals surface area contributed by atoms with Gasteiger partial charge in [0.05, 0.1) is 6.42 Å². The Bertz CT molecular complexity index is 908. The van der Waals surface area contributed by atoms with E-state index in [1.807, 2.05) is 13.8 Å². The van der Waals surface area contributed by atoms with Crippen LogP contribution in [0.5, 0.6) is 17.2 Å². The highest BCUT2D eigenvalue weighted by molar-refractivity contribution is 6.30. The number of hydrogen-bond donors (Lipinski definition) is 2. The highest BCUT2D eigenvalue weighted by atomic mass is 35.5. The van der Waals surface area contributed by atoms with Crippen molar-refractivity contribution >= 4 is 23.4 Å². The lowest BCUT2D eigenvalue weighted by molar-refractivity contribution is -0.132. The summed E-state index contributed by atoms with van der Waals surface area (Å²) in [6.45, 7) is 6.30. The molecule has 3 rings (SSSR count). The van der Waals surface area contributed by atoms with Crippen LogP contribution < -0.4 is 25.1 Å². The van der Waals surface area contributed by atoms with E-state index in [1.54, 1.807) is 37.3 Å². The van der Waals surface area contributed by atoms with Crippen molar-refractivity contribution in [2.45, 2.75) is 33.3 Å². The number of amides is 2. The van der Waals surface area contributed by atoms with Gasteiger partial charge in [-0.15, -0.1) is 0 Å². The van der Waals surface area contributed by atoms with E-state index in [9.17, 15) is 9.59 Å². The number of fused-ring (bicyclic) bond motifs is 1. The Kier molecular flexibility index (Phi) is 6.49. The average Bonchev–Trinajstić information content (AvgIpc) is 2.68. The Morgan fingerprint density at radius 3 is 2.41 bits per heavy atom. The first kappa shape index (κ1) is 20.8. The maximum Gasteiger partial charge on any atom is 0.279 e. The van der Waals surface area contributed by atoms with Crippen molar-refractivity contribution in [1.29, 1.82) is 0 Å². The second kappa shape index (κ2) is 9.05. The van der Waals surface area contributed by atoms with Gasteiger partial charge in [-0.3, -0.25) is 20.4 Å². The van der Waals surface area contributed by atoms with E-state index >= 15 is 0 Å². The molecule has 1 aliphatic heterocycles. The second-order valence-corrected chi connectivity index (χ2v) is 7.26. The molecule has 1 unspecified atom stereocenters. The Balaban J connectivity index is 1.51. The summed E-state index contributed by atoms with van der Waals surface area (Å²) in [4.78, 5) is 24.4. The number of halogens is 1. The summed E-state index contributed by atoms with van der Waals surface area (Å²) in [5.41, 5.74) is 7.20. The van der Waals surface area contributed by atoms with Gasteiger partial charge >= 0.3 is 0 Å². The molecule has 0 aromatic heterocycles.